The predicted octanol–water partition coefficient (Wildman–Crippen LogP) is 4.07. The van der Waals surface area contributed by atoms with Gasteiger partial charge >= 0.3 is 18.4 Å². The Morgan fingerprint density at radius 3 is 2.51 bits per heavy atom. The third-order valence-corrected chi connectivity index (χ3v) is 6.21. The minimum Gasteiger partial charge on any atom is -0.445 e. The van der Waals surface area contributed by atoms with Gasteiger partial charge in [0.15, 0.2) is 5.69 Å². The zero-order valence-corrected chi connectivity index (χ0v) is 20.0. The van der Waals surface area contributed by atoms with Crippen LogP contribution in [0.2, 0.25) is 5.02 Å². The molecule has 2 amide bonds. The maximum atomic E-state index is 13.1. The van der Waals surface area contributed by atoms with Gasteiger partial charge in [-0.2, -0.15) is 31.4 Å². The molecule has 1 unspecified atom stereocenters. The number of hydrogen-bond acceptors (Lipinski definition) is 5. The average Bonchev–Trinajstić information content (AvgIpc) is 3.12. The second-order valence-electron chi connectivity index (χ2n) is 8.72. The molecule has 1 atom stereocenters. The monoisotopic (exact) mass is 553 g/mol. The SMILES string of the molecule is O=C(OCc1cc(Cl)cc(C(F)(F)F)c1)N1CCCn2nc(C(=O)N3CCNC(C(F)(F)F)C3)cc2C1. The molecule has 1 fully saturated rings. The van der Waals surface area contributed by atoms with Gasteiger partial charge in [0.2, 0.25) is 0 Å². The molecule has 1 saturated heterocycles. The van der Waals surface area contributed by atoms with Crippen molar-refractivity contribution in [2.24, 2.45) is 0 Å². The molecule has 0 aliphatic carbocycles. The molecule has 15 heteroatoms. The van der Waals surface area contributed by atoms with Crippen molar-refractivity contribution in [1.82, 2.24) is 24.9 Å². The van der Waals surface area contributed by atoms with Crippen LogP contribution in [-0.2, 0) is 30.6 Å². The molecule has 1 aromatic heterocycles. The van der Waals surface area contributed by atoms with Crippen LogP contribution in [0.25, 0.3) is 0 Å². The van der Waals surface area contributed by atoms with Crippen molar-refractivity contribution in [2.45, 2.75) is 44.5 Å². The molecule has 0 radical (unpaired) electrons. The highest BCUT2D eigenvalue weighted by atomic mass is 35.5. The Morgan fingerprint density at radius 2 is 1.81 bits per heavy atom. The number of carbonyl (C=O) groups excluding carboxylic acids is 2. The minimum atomic E-state index is -4.61. The summed E-state index contributed by atoms with van der Waals surface area (Å²) in [5, 5.41) is 6.42. The Kier molecular flexibility index (Phi) is 7.60. The van der Waals surface area contributed by atoms with Crippen LogP contribution >= 0.6 is 11.6 Å². The lowest BCUT2D eigenvalue weighted by Crippen LogP contribution is -2.58. The number of aryl methyl sites for hydroxylation is 1. The molecule has 8 nitrogen and oxygen atoms in total. The van der Waals surface area contributed by atoms with Gasteiger partial charge in [-0.25, -0.2) is 4.79 Å². The van der Waals surface area contributed by atoms with Gasteiger partial charge in [-0.05, 0) is 36.2 Å². The summed E-state index contributed by atoms with van der Waals surface area (Å²) in [4.78, 5) is 27.9. The Morgan fingerprint density at radius 1 is 1.05 bits per heavy atom. The van der Waals surface area contributed by atoms with E-state index in [0.717, 1.165) is 17.0 Å². The van der Waals surface area contributed by atoms with E-state index < -0.39 is 49.1 Å². The highest BCUT2D eigenvalue weighted by Crippen LogP contribution is 2.32. The molecule has 4 rings (SSSR count). The van der Waals surface area contributed by atoms with Gasteiger partial charge in [-0.15, -0.1) is 0 Å². The molecule has 1 aromatic carbocycles. The number of benzene rings is 1. The van der Waals surface area contributed by atoms with Gasteiger partial charge in [0.25, 0.3) is 5.91 Å². The van der Waals surface area contributed by atoms with Crippen LogP contribution in [-0.4, -0.2) is 70.0 Å². The summed E-state index contributed by atoms with van der Waals surface area (Å²) in [7, 11) is 0. The number of halogens is 7. The molecule has 0 spiro atoms. The van der Waals surface area contributed by atoms with Gasteiger partial charge in [0.1, 0.15) is 12.6 Å². The summed E-state index contributed by atoms with van der Waals surface area (Å²) in [6, 6.07) is 2.46. The average molecular weight is 554 g/mol. The lowest BCUT2D eigenvalue weighted by atomic mass is 10.1. The molecule has 2 aromatic rings. The number of aromatic nitrogens is 2. The van der Waals surface area contributed by atoms with E-state index >= 15 is 0 Å². The number of amides is 2. The second kappa shape index (κ2) is 10.4. The number of ether oxygens (including phenoxy) is 1. The first-order valence-corrected chi connectivity index (χ1v) is 11.6. The largest absolute Gasteiger partial charge is 0.445 e. The Bertz CT molecular complexity index is 1170. The van der Waals surface area contributed by atoms with E-state index in [1.54, 1.807) is 0 Å². The van der Waals surface area contributed by atoms with Crippen molar-refractivity contribution in [2.75, 3.05) is 26.2 Å². The number of nitrogens with one attached hydrogen (secondary N) is 1. The highest BCUT2D eigenvalue weighted by Gasteiger charge is 2.43. The molecule has 2 aliphatic rings. The smallest absolute Gasteiger partial charge is 0.416 e. The summed E-state index contributed by atoms with van der Waals surface area (Å²) in [5.41, 5.74) is -0.462. The van der Waals surface area contributed by atoms with E-state index in [9.17, 15) is 35.9 Å². The van der Waals surface area contributed by atoms with E-state index in [4.69, 9.17) is 16.3 Å². The van der Waals surface area contributed by atoms with Crippen molar-refractivity contribution in [3.05, 3.63) is 51.8 Å². The third-order valence-electron chi connectivity index (χ3n) is 6.00. The molecule has 2 aliphatic heterocycles. The fourth-order valence-corrected chi connectivity index (χ4v) is 4.43. The van der Waals surface area contributed by atoms with Crippen LogP contribution in [0.15, 0.2) is 24.3 Å². The van der Waals surface area contributed by atoms with Crippen LogP contribution in [0.4, 0.5) is 31.1 Å². The van der Waals surface area contributed by atoms with E-state index in [-0.39, 0.29) is 42.5 Å². The number of piperazine rings is 1. The number of fused-ring (bicyclic) bond motifs is 1. The third kappa shape index (κ3) is 6.47. The van der Waals surface area contributed by atoms with Crippen molar-refractivity contribution in [3.63, 3.8) is 0 Å². The topological polar surface area (TPSA) is 79.7 Å². The predicted molar refractivity (Wildman–Crippen MR) is 118 cm³/mol. The first kappa shape index (κ1) is 27.0. The number of nitrogens with zero attached hydrogens (tertiary/aromatic N) is 4. The molecule has 37 heavy (non-hydrogen) atoms. The molecular formula is C22H22ClF6N5O3. The maximum absolute atomic E-state index is 13.1. The van der Waals surface area contributed by atoms with Gasteiger partial charge in [0.05, 0.1) is 17.8 Å². The molecule has 1 N–H and O–H groups in total. The van der Waals surface area contributed by atoms with E-state index in [1.807, 2.05) is 0 Å². The van der Waals surface area contributed by atoms with Crippen LogP contribution < -0.4 is 5.32 Å². The lowest BCUT2D eigenvalue weighted by Gasteiger charge is -2.34. The van der Waals surface area contributed by atoms with Crippen molar-refractivity contribution in [1.29, 1.82) is 0 Å². The van der Waals surface area contributed by atoms with Crippen LogP contribution in [0.1, 0.15) is 33.7 Å². The second-order valence-corrected chi connectivity index (χ2v) is 9.16. The van der Waals surface area contributed by atoms with Gasteiger partial charge in [0, 0.05) is 37.7 Å². The number of carbonyl (C=O) groups is 2. The highest BCUT2D eigenvalue weighted by molar-refractivity contribution is 6.30. The van der Waals surface area contributed by atoms with Crippen LogP contribution in [0.5, 0.6) is 0 Å². The lowest BCUT2D eigenvalue weighted by molar-refractivity contribution is -0.162. The Hall–Kier alpha value is -3.00. The van der Waals surface area contributed by atoms with Crippen molar-refractivity contribution in [3.8, 4) is 0 Å². The van der Waals surface area contributed by atoms with Crippen molar-refractivity contribution >= 4 is 23.6 Å². The summed E-state index contributed by atoms with van der Waals surface area (Å²) >= 11 is 5.76. The van der Waals surface area contributed by atoms with E-state index in [1.165, 1.54) is 21.7 Å². The Labute approximate surface area is 212 Å². The van der Waals surface area contributed by atoms with E-state index in [2.05, 4.69) is 10.4 Å². The summed E-state index contributed by atoms with van der Waals surface area (Å²) in [5.74, 6) is -0.646. The molecule has 202 valence electrons. The number of hydrogen-bond donors (Lipinski definition) is 1. The minimum absolute atomic E-state index is 0.00477. The zero-order valence-electron chi connectivity index (χ0n) is 19.2. The fraction of sp³-hybridized carbons (Fsp3) is 0.500. The first-order chi connectivity index (χ1) is 17.3. The van der Waals surface area contributed by atoms with Gasteiger partial charge in [-0.1, -0.05) is 11.6 Å². The fourth-order valence-electron chi connectivity index (χ4n) is 4.17. The summed E-state index contributed by atoms with van der Waals surface area (Å²) in [6.45, 7) is -0.295. The van der Waals surface area contributed by atoms with Crippen molar-refractivity contribution < 1.29 is 40.7 Å². The molecule has 0 saturated carbocycles. The van der Waals surface area contributed by atoms with Crippen LogP contribution in [0.3, 0.4) is 0 Å². The quantitative estimate of drug-likeness (QED) is 0.580. The number of alkyl halides is 6. The van der Waals surface area contributed by atoms with Crippen LogP contribution in [0, 0.1) is 0 Å². The van der Waals surface area contributed by atoms with Gasteiger partial charge < -0.3 is 19.9 Å². The summed E-state index contributed by atoms with van der Waals surface area (Å²) < 4.78 is 84.9. The summed E-state index contributed by atoms with van der Waals surface area (Å²) in [6.07, 6.45) is -9.45. The zero-order chi connectivity index (χ0) is 27.0. The first-order valence-electron chi connectivity index (χ1n) is 11.3. The molecular weight excluding hydrogens is 532 g/mol. The van der Waals surface area contributed by atoms with Gasteiger partial charge in [-0.3, -0.25) is 9.48 Å². The molecule has 3 heterocycles. The number of rotatable bonds is 3. The molecule has 0 bridgehead atoms. The van der Waals surface area contributed by atoms with E-state index in [0.29, 0.717) is 18.7 Å². The maximum Gasteiger partial charge on any atom is 0.416 e. The Balaban J connectivity index is 1.41. The normalized spacial score (nSPS) is 18.8. The standard InChI is InChI=1S/C22H22ClF6N5O3/c23-15-7-13(6-14(8-15)21(24,25)26)12-37-20(36)33-3-1-4-34-16(10-33)9-17(31-34)19(35)32-5-2-30-18(11-32)22(27,28)29/h6-9,18,30H,1-5,10-12H2.